The van der Waals surface area contributed by atoms with Gasteiger partial charge in [-0.2, -0.15) is 0 Å². The van der Waals surface area contributed by atoms with E-state index in [1.54, 1.807) is 14.2 Å². The number of nitrogens with zero attached hydrogens (tertiary/aromatic N) is 1. The second kappa shape index (κ2) is 8.41. The molecule has 0 atom stereocenters. The van der Waals surface area contributed by atoms with Gasteiger partial charge in [0.25, 0.3) is 0 Å². The Bertz CT molecular complexity index is 503. The van der Waals surface area contributed by atoms with Gasteiger partial charge in [0, 0.05) is 26.2 Å². The fraction of sp³-hybridized carbons (Fsp3) is 0.333. The van der Waals surface area contributed by atoms with E-state index in [1.807, 2.05) is 24.3 Å². The van der Waals surface area contributed by atoms with Crippen molar-refractivity contribution in [3.63, 3.8) is 0 Å². The first-order valence-electron chi connectivity index (χ1n) is 7.43. The molecule has 0 bridgehead atoms. The lowest BCUT2D eigenvalue weighted by molar-refractivity contribution is 0.264. The van der Waals surface area contributed by atoms with E-state index in [0.29, 0.717) is 6.54 Å². The van der Waals surface area contributed by atoms with E-state index in [-0.39, 0.29) is 0 Å². The van der Waals surface area contributed by atoms with Gasteiger partial charge in [0.15, 0.2) is 0 Å². The second-order valence-corrected chi connectivity index (χ2v) is 5.20. The molecule has 4 heteroatoms. The van der Waals surface area contributed by atoms with Crippen molar-refractivity contribution in [2.45, 2.75) is 13.1 Å². The summed E-state index contributed by atoms with van der Waals surface area (Å²) < 4.78 is 10.4. The predicted octanol–water partition coefficient (Wildman–Crippen LogP) is 2.66. The van der Waals surface area contributed by atoms with Crippen LogP contribution in [0.5, 0.6) is 11.5 Å². The third-order valence-corrected chi connectivity index (χ3v) is 3.58. The van der Waals surface area contributed by atoms with Crippen LogP contribution in [0.15, 0.2) is 48.5 Å². The molecule has 0 fully saturated rings. The van der Waals surface area contributed by atoms with Crippen LogP contribution < -0.4 is 15.2 Å². The number of hydrogen-bond acceptors (Lipinski definition) is 4. The first-order chi connectivity index (χ1) is 10.7. The van der Waals surface area contributed by atoms with Crippen LogP contribution in [0.2, 0.25) is 0 Å². The lowest BCUT2D eigenvalue weighted by Gasteiger charge is -2.22. The van der Waals surface area contributed by atoms with Crippen molar-refractivity contribution in [1.29, 1.82) is 0 Å². The number of benzene rings is 2. The SMILES string of the molecule is COc1ccc(CN(CCN)Cc2ccc(OC)cc2)cc1. The average molecular weight is 300 g/mol. The van der Waals surface area contributed by atoms with Gasteiger partial charge in [0.2, 0.25) is 0 Å². The predicted molar refractivity (Wildman–Crippen MR) is 89.2 cm³/mol. The lowest BCUT2D eigenvalue weighted by atomic mass is 10.1. The molecular formula is C18H24N2O2. The van der Waals surface area contributed by atoms with E-state index < -0.39 is 0 Å². The maximum atomic E-state index is 5.75. The summed E-state index contributed by atoms with van der Waals surface area (Å²) in [7, 11) is 3.36. The Morgan fingerprint density at radius 3 is 1.50 bits per heavy atom. The summed E-state index contributed by atoms with van der Waals surface area (Å²) in [6.07, 6.45) is 0. The van der Waals surface area contributed by atoms with Crippen molar-refractivity contribution in [2.24, 2.45) is 5.73 Å². The van der Waals surface area contributed by atoms with E-state index in [0.717, 1.165) is 31.1 Å². The van der Waals surface area contributed by atoms with E-state index in [1.165, 1.54) is 11.1 Å². The summed E-state index contributed by atoms with van der Waals surface area (Å²) >= 11 is 0. The van der Waals surface area contributed by atoms with Crippen LogP contribution in [-0.4, -0.2) is 32.2 Å². The van der Waals surface area contributed by atoms with Crippen molar-refractivity contribution in [2.75, 3.05) is 27.3 Å². The van der Waals surface area contributed by atoms with Gasteiger partial charge >= 0.3 is 0 Å². The van der Waals surface area contributed by atoms with Crippen molar-refractivity contribution in [1.82, 2.24) is 4.90 Å². The molecule has 22 heavy (non-hydrogen) atoms. The van der Waals surface area contributed by atoms with Crippen LogP contribution >= 0.6 is 0 Å². The fourth-order valence-corrected chi connectivity index (χ4v) is 2.37. The number of hydrogen-bond donors (Lipinski definition) is 1. The molecule has 118 valence electrons. The normalized spacial score (nSPS) is 10.7. The number of methoxy groups -OCH3 is 2. The summed E-state index contributed by atoms with van der Waals surface area (Å²) in [5, 5.41) is 0. The quantitative estimate of drug-likeness (QED) is 0.814. The van der Waals surface area contributed by atoms with Gasteiger partial charge in [-0.15, -0.1) is 0 Å². The topological polar surface area (TPSA) is 47.7 Å². The lowest BCUT2D eigenvalue weighted by Crippen LogP contribution is -2.28. The number of ether oxygens (including phenoxy) is 2. The molecule has 4 nitrogen and oxygen atoms in total. The molecule has 0 amide bonds. The highest BCUT2D eigenvalue weighted by Gasteiger charge is 2.07. The van der Waals surface area contributed by atoms with Crippen molar-refractivity contribution >= 4 is 0 Å². The van der Waals surface area contributed by atoms with Crippen LogP contribution in [0.4, 0.5) is 0 Å². The molecule has 2 rings (SSSR count). The molecule has 0 heterocycles. The van der Waals surface area contributed by atoms with Gasteiger partial charge < -0.3 is 15.2 Å². The number of nitrogens with two attached hydrogens (primary N) is 1. The molecule has 0 saturated heterocycles. The molecular weight excluding hydrogens is 276 g/mol. The van der Waals surface area contributed by atoms with Gasteiger partial charge in [-0.05, 0) is 35.4 Å². The second-order valence-electron chi connectivity index (χ2n) is 5.20. The standard InChI is InChI=1S/C18H24N2O2/c1-21-17-7-3-15(4-8-17)13-20(12-11-19)14-16-5-9-18(22-2)10-6-16/h3-10H,11-14,19H2,1-2H3. The molecule has 0 spiro atoms. The maximum absolute atomic E-state index is 5.75. The molecule has 0 aliphatic carbocycles. The molecule has 0 radical (unpaired) electrons. The van der Waals surface area contributed by atoms with Gasteiger partial charge in [0.1, 0.15) is 11.5 Å². The summed E-state index contributed by atoms with van der Waals surface area (Å²) in [6.45, 7) is 3.24. The van der Waals surface area contributed by atoms with E-state index in [2.05, 4.69) is 29.2 Å². The Morgan fingerprint density at radius 1 is 0.773 bits per heavy atom. The van der Waals surface area contributed by atoms with Crippen molar-refractivity contribution in [3.05, 3.63) is 59.7 Å². The Morgan fingerprint density at radius 2 is 1.18 bits per heavy atom. The minimum atomic E-state index is 0.645. The highest BCUT2D eigenvalue weighted by Crippen LogP contribution is 2.16. The zero-order chi connectivity index (χ0) is 15.8. The third kappa shape index (κ3) is 4.76. The molecule has 0 aliphatic rings. The monoisotopic (exact) mass is 300 g/mol. The smallest absolute Gasteiger partial charge is 0.118 e. The molecule has 0 saturated carbocycles. The van der Waals surface area contributed by atoms with Crippen LogP contribution in [0.1, 0.15) is 11.1 Å². The van der Waals surface area contributed by atoms with Gasteiger partial charge in [0.05, 0.1) is 14.2 Å². The molecule has 2 N–H and O–H groups in total. The molecule has 0 aliphatic heterocycles. The van der Waals surface area contributed by atoms with E-state index in [4.69, 9.17) is 15.2 Å². The number of rotatable bonds is 8. The Kier molecular flexibility index (Phi) is 6.25. The van der Waals surface area contributed by atoms with Crippen LogP contribution in [0.3, 0.4) is 0 Å². The zero-order valence-corrected chi connectivity index (χ0v) is 13.3. The molecule has 0 aromatic heterocycles. The fourth-order valence-electron chi connectivity index (χ4n) is 2.37. The highest BCUT2D eigenvalue weighted by atomic mass is 16.5. The minimum Gasteiger partial charge on any atom is -0.497 e. The van der Waals surface area contributed by atoms with Gasteiger partial charge in [-0.3, -0.25) is 4.90 Å². The Labute approximate surface area is 132 Å². The minimum absolute atomic E-state index is 0.645. The summed E-state index contributed by atoms with van der Waals surface area (Å²) in [5.74, 6) is 1.76. The highest BCUT2D eigenvalue weighted by molar-refractivity contribution is 5.28. The molecule has 2 aromatic rings. The van der Waals surface area contributed by atoms with Crippen molar-refractivity contribution < 1.29 is 9.47 Å². The Balaban J connectivity index is 2.01. The van der Waals surface area contributed by atoms with Crippen LogP contribution in [0.25, 0.3) is 0 Å². The largest absolute Gasteiger partial charge is 0.497 e. The van der Waals surface area contributed by atoms with Gasteiger partial charge in [-0.25, -0.2) is 0 Å². The maximum Gasteiger partial charge on any atom is 0.118 e. The van der Waals surface area contributed by atoms with Crippen LogP contribution in [-0.2, 0) is 13.1 Å². The first-order valence-corrected chi connectivity index (χ1v) is 7.43. The molecule has 2 aromatic carbocycles. The summed E-state index contributed by atoms with van der Waals surface area (Å²) in [5.41, 5.74) is 8.25. The third-order valence-electron chi connectivity index (χ3n) is 3.58. The first kappa shape index (κ1) is 16.3. The summed E-state index contributed by atoms with van der Waals surface area (Å²) in [4.78, 5) is 2.34. The average Bonchev–Trinajstić information content (AvgIpc) is 2.56. The Hall–Kier alpha value is -2.04. The van der Waals surface area contributed by atoms with Crippen LogP contribution in [0, 0.1) is 0 Å². The zero-order valence-electron chi connectivity index (χ0n) is 13.3. The van der Waals surface area contributed by atoms with Gasteiger partial charge in [-0.1, -0.05) is 24.3 Å². The van der Waals surface area contributed by atoms with E-state index >= 15 is 0 Å². The van der Waals surface area contributed by atoms with Crippen molar-refractivity contribution in [3.8, 4) is 11.5 Å². The molecule has 0 unspecified atom stereocenters. The van der Waals surface area contributed by atoms with E-state index in [9.17, 15) is 0 Å². The summed E-state index contributed by atoms with van der Waals surface area (Å²) in [6, 6.07) is 16.3.